The van der Waals surface area contributed by atoms with Crippen molar-refractivity contribution in [2.24, 2.45) is 7.05 Å². The van der Waals surface area contributed by atoms with Crippen LogP contribution in [-0.4, -0.2) is 31.6 Å². The lowest BCUT2D eigenvalue weighted by Gasteiger charge is -2.14. The number of rotatable bonds is 5. The Morgan fingerprint density at radius 1 is 1.38 bits per heavy atom. The van der Waals surface area contributed by atoms with Gasteiger partial charge in [0.05, 0.1) is 23.9 Å². The van der Waals surface area contributed by atoms with Crippen molar-refractivity contribution in [3.63, 3.8) is 0 Å². The third-order valence-electron chi connectivity index (χ3n) is 3.96. The van der Waals surface area contributed by atoms with Crippen molar-refractivity contribution in [2.75, 3.05) is 0 Å². The highest BCUT2D eigenvalue weighted by Gasteiger charge is 2.31. The van der Waals surface area contributed by atoms with Gasteiger partial charge in [-0.2, -0.15) is 23.4 Å². The molecule has 0 saturated heterocycles. The van der Waals surface area contributed by atoms with Gasteiger partial charge in [-0.3, -0.25) is 14.2 Å². The lowest BCUT2D eigenvalue weighted by Crippen LogP contribution is -2.29. The monoisotopic (exact) mass is 343 g/mol. The molecule has 132 valence electrons. The van der Waals surface area contributed by atoms with E-state index in [4.69, 9.17) is 0 Å². The lowest BCUT2D eigenvalue weighted by atomic mass is 9.98. The smallest absolute Gasteiger partial charge is 0.350 e. The van der Waals surface area contributed by atoms with Gasteiger partial charge < -0.3 is 5.32 Å². The van der Waals surface area contributed by atoms with Gasteiger partial charge in [-0.25, -0.2) is 0 Å². The van der Waals surface area contributed by atoms with Crippen LogP contribution in [0.3, 0.4) is 0 Å². The van der Waals surface area contributed by atoms with Crippen molar-refractivity contribution in [2.45, 2.75) is 46.0 Å². The number of halogens is 3. The summed E-state index contributed by atoms with van der Waals surface area (Å²) in [6.07, 6.45) is -2.73. The first-order valence-corrected chi connectivity index (χ1v) is 7.45. The van der Waals surface area contributed by atoms with Gasteiger partial charge in [0.25, 0.3) is 0 Å². The van der Waals surface area contributed by atoms with Gasteiger partial charge >= 0.3 is 6.18 Å². The second-order valence-electron chi connectivity index (χ2n) is 5.74. The molecule has 0 aliphatic carbocycles. The summed E-state index contributed by atoms with van der Waals surface area (Å²) in [5.41, 5.74) is 2.14. The number of nitrogens with zero attached hydrogens (tertiary/aromatic N) is 4. The fourth-order valence-electron chi connectivity index (χ4n) is 2.70. The number of amides is 1. The molecule has 9 heteroatoms. The molecule has 0 saturated carbocycles. The Bertz CT molecular complexity index is 732. The fraction of sp³-hybridized carbons (Fsp3) is 0.533. The zero-order chi connectivity index (χ0) is 18.1. The van der Waals surface area contributed by atoms with Gasteiger partial charge in [-0.1, -0.05) is 0 Å². The molecule has 1 N–H and O–H groups in total. The number of hydrogen-bond acceptors (Lipinski definition) is 3. The van der Waals surface area contributed by atoms with Crippen molar-refractivity contribution >= 4 is 5.91 Å². The van der Waals surface area contributed by atoms with Crippen LogP contribution in [0.15, 0.2) is 12.3 Å². The molecule has 0 radical (unpaired) electrons. The van der Waals surface area contributed by atoms with Gasteiger partial charge in [-0.15, -0.1) is 0 Å². The zero-order valence-electron chi connectivity index (χ0n) is 14.0. The van der Waals surface area contributed by atoms with E-state index < -0.39 is 18.6 Å². The highest BCUT2D eigenvalue weighted by atomic mass is 19.4. The topological polar surface area (TPSA) is 64.7 Å². The van der Waals surface area contributed by atoms with E-state index >= 15 is 0 Å². The van der Waals surface area contributed by atoms with Crippen molar-refractivity contribution in [3.8, 4) is 0 Å². The molecule has 0 aliphatic rings. The Morgan fingerprint density at radius 2 is 2.04 bits per heavy atom. The number of hydrogen-bond donors (Lipinski definition) is 1. The highest BCUT2D eigenvalue weighted by molar-refractivity contribution is 5.83. The maximum atomic E-state index is 12.6. The minimum atomic E-state index is -4.36. The number of nitrogens with one attached hydrogen (secondary N) is 1. The Morgan fingerprint density at radius 3 is 2.58 bits per heavy atom. The number of carbonyl (C=O) groups excluding carboxylic acids is 1. The van der Waals surface area contributed by atoms with E-state index in [1.165, 1.54) is 0 Å². The molecule has 2 aromatic heterocycles. The van der Waals surface area contributed by atoms with Gasteiger partial charge in [-0.05, 0) is 26.8 Å². The van der Waals surface area contributed by atoms with Crippen LogP contribution in [0.2, 0.25) is 0 Å². The van der Waals surface area contributed by atoms with E-state index in [9.17, 15) is 18.0 Å². The molecule has 0 aliphatic heterocycles. The zero-order valence-corrected chi connectivity index (χ0v) is 14.0. The van der Waals surface area contributed by atoms with Crippen LogP contribution >= 0.6 is 0 Å². The van der Waals surface area contributed by atoms with Gasteiger partial charge in [0.2, 0.25) is 5.91 Å². The second kappa shape index (κ2) is 6.66. The summed E-state index contributed by atoms with van der Waals surface area (Å²) in [7, 11) is 1.76. The molecule has 0 spiro atoms. The minimum absolute atomic E-state index is 0.269. The normalized spacial score (nSPS) is 13.1. The van der Waals surface area contributed by atoms with Crippen LogP contribution in [0.4, 0.5) is 13.2 Å². The average molecular weight is 343 g/mol. The first kappa shape index (κ1) is 18.0. The average Bonchev–Trinajstić information content (AvgIpc) is 2.98. The summed E-state index contributed by atoms with van der Waals surface area (Å²) in [5.74, 6) is -0.867. The fourth-order valence-corrected chi connectivity index (χ4v) is 2.70. The summed E-state index contributed by atoms with van der Waals surface area (Å²) in [5, 5.41) is 10.7. The van der Waals surface area contributed by atoms with Crippen LogP contribution < -0.4 is 5.32 Å². The first-order valence-electron chi connectivity index (χ1n) is 7.45. The maximum Gasteiger partial charge on any atom is 0.408 e. The molecule has 2 rings (SSSR count). The third-order valence-corrected chi connectivity index (χ3v) is 3.96. The van der Waals surface area contributed by atoms with Crippen molar-refractivity contribution in [3.05, 3.63) is 34.9 Å². The Balaban J connectivity index is 2.12. The summed E-state index contributed by atoms with van der Waals surface area (Å²) in [4.78, 5) is 12.3. The van der Waals surface area contributed by atoms with Gasteiger partial charge in [0.1, 0.15) is 6.54 Å². The van der Waals surface area contributed by atoms with E-state index in [1.807, 2.05) is 0 Å². The molecule has 0 bridgehead atoms. The van der Waals surface area contributed by atoms with E-state index in [1.54, 1.807) is 44.8 Å². The van der Waals surface area contributed by atoms with E-state index in [2.05, 4.69) is 15.5 Å². The Kier molecular flexibility index (Phi) is 5.00. The van der Waals surface area contributed by atoms with E-state index in [0.29, 0.717) is 23.5 Å². The van der Waals surface area contributed by atoms with Crippen LogP contribution in [0.25, 0.3) is 0 Å². The molecule has 1 unspecified atom stereocenters. The standard InChI is InChI=1S/C15H20F3N5O/c1-9(14(24)19-7-12-5-6-20-22(12)4)13-10(2)21-23(11(13)3)8-15(16,17)18/h5-6,9H,7-8H2,1-4H3,(H,19,24). The molecular weight excluding hydrogens is 323 g/mol. The molecule has 2 heterocycles. The maximum absolute atomic E-state index is 12.6. The Hall–Kier alpha value is -2.32. The first-order chi connectivity index (χ1) is 11.1. The predicted octanol–water partition coefficient (Wildman–Crippen LogP) is 2.22. The van der Waals surface area contributed by atoms with Crippen molar-refractivity contribution in [1.29, 1.82) is 0 Å². The predicted molar refractivity (Wildman–Crippen MR) is 81.2 cm³/mol. The third kappa shape index (κ3) is 3.95. The molecule has 24 heavy (non-hydrogen) atoms. The second-order valence-corrected chi connectivity index (χ2v) is 5.74. The quantitative estimate of drug-likeness (QED) is 0.905. The summed E-state index contributed by atoms with van der Waals surface area (Å²) < 4.78 is 40.3. The van der Waals surface area contributed by atoms with Gasteiger partial charge in [0.15, 0.2) is 0 Å². The van der Waals surface area contributed by atoms with Crippen LogP contribution in [0.5, 0.6) is 0 Å². The summed E-state index contributed by atoms with van der Waals surface area (Å²) in [6, 6.07) is 1.78. The highest BCUT2D eigenvalue weighted by Crippen LogP contribution is 2.26. The van der Waals surface area contributed by atoms with Gasteiger partial charge in [0, 0.05) is 24.5 Å². The molecular formula is C15H20F3N5O. The molecule has 1 atom stereocenters. The van der Waals surface area contributed by atoms with E-state index in [0.717, 1.165) is 10.4 Å². The van der Waals surface area contributed by atoms with Crippen LogP contribution in [0.1, 0.15) is 35.5 Å². The molecule has 6 nitrogen and oxygen atoms in total. The van der Waals surface area contributed by atoms with E-state index in [-0.39, 0.29) is 5.91 Å². The molecule has 2 aromatic rings. The minimum Gasteiger partial charge on any atom is -0.350 e. The summed E-state index contributed by atoms with van der Waals surface area (Å²) in [6.45, 7) is 3.96. The number of carbonyl (C=O) groups is 1. The molecule has 0 aromatic carbocycles. The van der Waals surface area contributed by atoms with Crippen LogP contribution in [-0.2, 0) is 24.9 Å². The number of aromatic nitrogens is 4. The van der Waals surface area contributed by atoms with Crippen molar-refractivity contribution in [1.82, 2.24) is 24.9 Å². The Labute approximate surface area is 137 Å². The number of alkyl halides is 3. The lowest BCUT2D eigenvalue weighted by molar-refractivity contribution is -0.143. The largest absolute Gasteiger partial charge is 0.408 e. The van der Waals surface area contributed by atoms with Crippen molar-refractivity contribution < 1.29 is 18.0 Å². The molecule has 1 amide bonds. The summed E-state index contributed by atoms with van der Waals surface area (Å²) >= 11 is 0. The molecule has 0 fully saturated rings. The van der Waals surface area contributed by atoms with Crippen LogP contribution in [0, 0.1) is 13.8 Å². The number of aryl methyl sites for hydroxylation is 2. The SMILES string of the molecule is Cc1nn(CC(F)(F)F)c(C)c1C(C)C(=O)NCc1ccnn1C.